The topological polar surface area (TPSA) is 38.3 Å². The van der Waals surface area contributed by atoms with Crippen LogP contribution < -0.4 is 10.3 Å². The SMILES string of the molecule is CC(=O)NOc1ccc(-c2ccccc2)cc1. The van der Waals surface area contributed by atoms with Gasteiger partial charge in [0.1, 0.15) is 0 Å². The Kier molecular flexibility index (Phi) is 3.40. The number of carbonyl (C=O) groups excluding carboxylic acids is 1. The molecule has 0 aromatic heterocycles. The third kappa shape index (κ3) is 3.08. The lowest BCUT2D eigenvalue weighted by molar-refractivity contribution is -0.125. The maximum atomic E-state index is 10.7. The number of benzene rings is 2. The Bertz CT molecular complexity index is 491. The third-order valence-electron chi connectivity index (χ3n) is 2.27. The van der Waals surface area contributed by atoms with Crippen LogP contribution >= 0.6 is 0 Å². The fraction of sp³-hybridized carbons (Fsp3) is 0.0714. The predicted molar refractivity (Wildman–Crippen MR) is 66.3 cm³/mol. The van der Waals surface area contributed by atoms with Crippen LogP contribution in [-0.4, -0.2) is 5.91 Å². The van der Waals surface area contributed by atoms with Crippen LogP contribution in [0.1, 0.15) is 6.92 Å². The smallest absolute Gasteiger partial charge is 0.249 e. The molecule has 0 saturated carbocycles. The Morgan fingerprint density at radius 2 is 1.53 bits per heavy atom. The van der Waals surface area contributed by atoms with Crippen LogP contribution in [0.2, 0.25) is 0 Å². The van der Waals surface area contributed by atoms with Crippen LogP contribution in [0.4, 0.5) is 0 Å². The molecule has 2 rings (SSSR count). The lowest BCUT2D eigenvalue weighted by Gasteiger charge is -2.06. The lowest BCUT2D eigenvalue weighted by atomic mass is 10.1. The summed E-state index contributed by atoms with van der Waals surface area (Å²) in [6.45, 7) is 1.40. The van der Waals surface area contributed by atoms with Gasteiger partial charge in [-0.2, -0.15) is 5.48 Å². The molecule has 0 radical (unpaired) electrons. The highest BCUT2D eigenvalue weighted by molar-refractivity contribution is 5.71. The number of nitrogens with one attached hydrogen (secondary N) is 1. The molecule has 3 heteroatoms. The molecule has 86 valence electrons. The maximum Gasteiger partial charge on any atom is 0.249 e. The van der Waals surface area contributed by atoms with E-state index in [1.807, 2.05) is 54.6 Å². The molecule has 0 fully saturated rings. The van der Waals surface area contributed by atoms with Gasteiger partial charge in [0.15, 0.2) is 5.75 Å². The van der Waals surface area contributed by atoms with Crippen LogP contribution in [-0.2, 0) is 4.79 Å². The van der Waals surface area contributed by atoms with Crippen molar-refractivity contribution in [2.45, 2.75) is 6.92 Å². The van der Waals surface area contributed by atoms with Gasteiger partial charge < -0.3 is 4.84 Å². The summed E-state index contributed by atoms with van der Waals surface area (Å²) >= 11 is 0. The fourth-order valence-corrected chi connectivity index (χ4v) is 1.48. The minimum atomic E-state index is -0.225. The Morgan fingerprint density at radius 1 is 0.941 bits per heavy atom. The Labute approximate surface area is 100.0 Å². The fourth-order valence-electron chi connectivity index (χ4n) is 1.48. The Morgan fingerprint density at radius 3 is 2.12 bits per heavy atom. The number of rotatable bonds is 3. The molecule has 1 N–H and O–H groups in total. The Balaban J connectivity index is 2.11. The molecule has 2 aromatic carbocycles. The zero-order chi connectivity index (χ0) is 12.1. The molecule has 3 nitrogen and oxygen atoms in total. The summed E-state index contributed by atoms with van der Waals surface area (Å²) in [5.74, 6) is 0.386. The second-order valence-corrected chi connectivity index (χ2v) is 3.65. The summed E-state index contributed by atoms with van der Waals surface area (Å²) in [6.07, 6.45) is 0. The molecule has 0 unspecified atom stereocenters. The molecule has 2 aromatic rings. The van der Waals surface area contributed by atoms with Crippen molar-refractivity contribution in [2.24, 2.45) is 0 Å². The van der Waals surface area contributed by atoms with E-state index in [1.54, 1.807) is 0 Å². The van der Waals surface area contributed by atoms with Gasteiger partial charge in [-0.1, -0.05) is 42.5 Å². The molecule has 0 aliphatic rings. The molecule has 0 atom stereocenters. The Hall–Kier alpha value is -2.29. The first-order chi connectivity index (χ1) is 8.25. The first-order valence-corrected chi connectivity index (χ1v) is 5.34. The maximum absolute atomic E-state index is 10.7. The predicted octanol–water partition coefficient (Wildman–Crippen LogP) is 2.78. The van der Waals surface area contributed by atoms with Crippen molar-refractivity contribution in [2.75, 3.05) is 0 Å². The van der Waals surface area contributed by atoms with E-state index in [9.17, 15) is 4.79 Å². The van der Waals surface area contributed by atoms with Gasteiger partial charge in [-0.15, -0.1) is 0 Å². The molecule has 0 spiro atoms. The first-order valence-electron chi connectivity index (χ1n) is 5.34. The van der Waals surface area contributed by atoms with Gasteiger partial charge >= 0.3 is 0 Å². The van der Waals surface area contributed by atoms with E-state index >= 15 is 0 Å². The van der Waals surface area contributed by atoms with E-state index in [0.29, 0.717) is 5.75 Å². The molecule has 0 aliphatic heterocycles. The molecule has 0 bridgehead atoms. The quantitative estimate of drug-likeness (QED) is 0.819. The zero-order valence-electron chi connectivity index (χ0n) is 9.51. The number of hydrogen-bond donors (Lipinski definition) is 1. The summed E-state index contributed by atoms with van der Waals surface area (Å²) in [6, 6.07) is 17.6. The highest BCUT2D eigenvalue weighted by Crippen LogP contribution is 2.21. The molecule has 0 saturated heterocycles. The van der Waals surface area contributed by atoms with Crippen LogP contribution in [0, 0.1) is 0 Å². The van der Waals surface area contributed by atoms with E-state index in [-0.39, 0.29) is 5.91 Å². The van der Waals surface area contributed by atoms with Crippen molar-refractivity contribution < 1.29 is 9.63 Å². The standard InChI is InChI=1S/C14H13NO2/c1-11(16)15-17-14-9-7-13(8-10-14)12-5-3-2-4-6-12/h2-10H,1H3,(H,15,16). The second kappa shape index (κ2) is 5.16. The second-order valence-electron chi connectivity index (χ2n) is 3.65. The van der Waals surface area contributed by atoms with E-state index in [1.165, 1.54) is 6.92 Å². The average Bonchev–Trinajstić information content (AvgIpc) is 2.38. The largest absolute Gasteiger partial charge is 0.380 e. The molecule has 0 aliphatic carbocycles. The molecule has 0 heterocycles. The normalized spacial score (nSPS) is 9.71. The van der Waals surface area contributed by atoms with E-state index in [0.717, 1.165) is 11.1 Å². The van der Waals surface area contributed by atoms with Crippen LogP contribution in [0.3, 0.4) is 0 Å². The molecular formula is C14H13NO2. The van der Waals surface area contributed by atoms with Crippen LogP contribution in [0.25, 0.3) is 11.1 Å². The lowest BCUT2D eigenvalue weighted by Crippen LogP contribution is -2.23. The van der Waals surface area contributed by atoms with E-state index < -0.39 is 0 Å². The number of hydroxylamine groups is 1. The van der Waals surface area contributed by atoms with Crippen molar-refractivity contribution in [3.8, 4) is 16.9 Å². The van der Waals surface area contributed by atoms with Gasteiger partial charge in [0.25, 0.3) is 0 Å². The van der Waals surface area contributed by atoms with Gasteiger partial charge in [-0.25, -0.2) is 0 Å². The number of carbonyl (C=O) groups is 1. The van der Waals surface area contributed by atoms with Crippen molar-refractivity contribution >= 4 is 5.91 Å². The minimum absolute atomic E-state index is 0.225. The van der Waals surface area contributed by atoms with Gasteiger partial charge in [0.2, 0.25) is 5.91 Å². The first kappa shape index (κ1) is 11.2. The summed E-state index contributed by atoms with van der Waals surface area (Å²) < 4.78 is 0. The number of hydrogen-bond acceptors (Lipinski definition) is 2. The van der Waals surface area contributed by atoms with Crippen molar-refractivity contribution in [3.63, 3.8) is 0 Å². The highest BCUT2D eigenvalue weighted by atomic mass is 16.7. The van der Waals surface area contributed by atoms with Crippen molar-refractivity contribution in [1.82, 2.24) is 5.48 Å². The minimum Gasteiger partial charge on any atom is -0.380 e. The molecule has 1 amide bonds. The summed E-state index contributed by atoms with van der Waals surface area (Å²) in [7, 11) is 0. The highest BCUT2D eigenvalue weighted by Gasteiger charge is 1.98. The molecule has 17 heavy (non-hydrogen) atoms. The third-order valence-corrected chi connectivity index (χ3v) is 2.27. The van der Waals surface area contributed by atoms with Gasteiger partial charge in [-0.05, 0) is 23.3 Å². The summed E-state index contributed by atoms with van der Waals surface area (Å²) in [5, 5.41) is 0. The number of amides is 1. The van der Waals surface area contributed by atoms with Gasteiger partial charge in [0, 0.05) is 6.92 Å². The van der Waals surface area contributed by atoms with E-state index in [2.05, 4.69) is 5.48 Å². The van der Waals surface area contributed by atoms with Gasteiger partial charge in [0.05, 0.1) is 0 Å². The zero-order valence-corrected chi connectivity index (χ0v) is 9.51. The van der Waals surface area contributed by atoms with Crippen molar-refractivity contribution in [3.05, 3.63) is 54.6 Å². The average molecular weight is 227 g/mol. The summed E-state index contributed by atoms with van der Waals surface area (Å²) in [4.78, 5) is 15.7. The van der Waals surface area contributed by atoms with Crippen LogP contribution in [0.5, 0.6) is 5.75 Å². The van der Waals surface area contributed by atoms with Crippen molar-refractivity contribution in [1.29, 1.82) is 0 Å². The van der Waals surface area contributed by atoms with Gasteiger partial charge in [-0.3, -0.25) is 4.79 Å². The van der Waals surface area contributed by atoms with Crippen LogP contribution in [0.15, 0.2) is 54.6 Å². The molecular weight excluding hydrogens is 214 g/mol. The van der Waals surface area contributed by atoms with E-state index in [4.69, 9.17) is 4.84 Å². The summed E-state index contributed by atoms with van der Waals surface area (Å²) in [5.41, 5.74) is 4.55. The monoisotopic (exact) mass is 227 g/mol.